The van der Waals surface area contributed by atoms with Crippen LogP contribution in [0.4, 0.5) is 11.4 Å². The molecule has 0 fully saturated rings. The van der Waals surface area contributed by atoms with Crippen molar-refractivity contribution in [2.75, 3.05) is 16.8 Å². The fraction of sp³-hybridized carbons (Fsp3) is 0.680. The van der Waals surface area contributed by atoms with E-state index < -0.39 is 0 Å². The average Bonchev–Trinajstić information content (AvgIpc) is 3.08. The Bertz CT molecular complexity index is 737. The largest absolute Gasteiger partial charge is 0.325 e. The average molecular weight is 401 g/mol. The molecule has 1 heterocycles. The number of fused-ring (bicyclic) bond motifs is 1. The van der Waals surface area contributed by atoms with E-state index >= 15 is 0 Å². The number of carbonyl (C=O) groups excluding carboxylic acids is 2. The minimum atomic E-state index is -0.382. The van der Waals surface area contributed by atoms with Gasteiger partial charge in [-0.3, -0.25) is 9.59 Å². The standard InChI is InChI=1S/C25H40N2O2/c1-7-8-9-10-11-12-13-15-25(5,6)24(29)26-23-18(2)17-22-21(19(23)3)14-16-27(22)20(4)28/h17H,7-16H2,1-6H3,(H,26,29). The van der Waals surface area contributed by atoms with Gasteiger partial charge in [-0.25, -0.2) is 0 Å². The van der Waals surface area contributed by atoms with Gasteiger partial charge in [-0.2, -0.15) is 0 Å². The van der Waals surface area contributed by atoms with Gasteiger partial charge in [-0.05, 0) is 49.4 Å². The van der Waals surface area contributed by atoms with Gasteiger partial charge >= 0.3 is 0 Å². The van der Waals surface area contributed by atoms with E-state index in [2.05, 4.69) is 39.1 Å². The SMILES string of the molecule is CCCCCCCCCC(C)(C)C(=O)Nc1c(C)cc2c(c1C)CCN2C(C)=O. The predicted molar refractivity (Wildman–Crippen MR) is 123 cm³/mol. The van der Waals surface area contributed by atoms with Crippen LogP contribution in [-0.2, 0) is 16.0 Å². The number of hydrogen-bond donors (Lipinski definition) is 1. The van der Waals surface area contributed by atoms with Gasteiger partial charge in [0.25, 0.3) is 0 Å². The zero-order chi connectivity index (χ0) is 21.6. The van der Waals surface area contributed by atoms with E-state index in [0.29, 0.717) is 0 Å². The van der Waals surface area contributed by atoms with E-state index in [-0.39, 0.29) is 17.2 Å². The van der Waals surface area contributed by atoms with E-state index in [1.807, 2.05) is 11.8 Å². The van der Waals surface area contributed by atoms with Crippen LogP contribution in [0.3, 0.4) is 0 Å². The minimum Gasteiger partial charge on any atom is -0.325 e. The van der Waals surface area contributed by atoms with Crippen LogP contribution in [0.2, 0.25) is 0 Å². The molecule has 1 aliphatic rings. The maximum atomic E-state index is 13.0. The highest BCUT2D eigenvalue weighted by Crippen LogP contribution is 2.38. The van der Waals surface area contributed by atoms with Crippen LogP contribution >= 0.6 is 0 Å². The number of aryl methyl sites for hydroxylation is 1. The second-order valence-electron chi connectivity index (χ2n) is 9.32. The summed E-state index contributed by atoms with van der Waals surface area (Å²) in [5, 5.41) is 3.22. The lowest BCUT2D eigenvalue weighted by Gasteiger charge is -2.26. The first-order chi connectivity index (χ1) is 13.7. The van der Waals surface area contributed by atoms with Crippen molar-refractivity contribution in [3.05, 3.63) is 22.8 Å². The van der Waals surface area contributed by atoms with Gasteiger partial charge in [0.05, 0.1) is 0 Å². The monoisotopic (exact) mass is 400 g/mol. The summed E-state index contributed by atoms with van der Waals surface area (Å²) >= 11 is 0. The molecule has 0 bridgehead atoms. The second kappa shape index (κ2) is 10.3. The zero-order valence-corrected chi connectivity index (χ0v) is 19.4. The number of hydrogen-bond acceptors (Lipinski definition) is 2. The molecule has 1 aliphatic heterocycles. The van der Waals surface area contributed by atoms with Gasteiger partial charge in [0.15, 0.2) is 0 Å². The van der Waals surface area contributed by atoms with E-state index in [0.717, 1.165) is 48.3 Å². The van der Waals surface area contributed by atoms with Crippen LogP contribution in [0, 0.1) is 19.3 Å². The molecule has 2 rings (SSSR count). The lowest BCUT2D eigenvalue weighted by atomic mass is 9.85. The number of carbonyl (C=O) groups is 2. The van der Waals surface area contributed by atoms with Crippen molar-refractivity contribution in [3.8, 4) is 0 Å². The zero-order valence-electron chi connectivity index (χ0n) is 19.4. The molecule has 0 aliphatic carbocycles. The van der Waals surface area contributed by atoms with Crippen molar-refractivity contribution in [2.24, 2.45) is 5.41 Å². The van der Waals surface area contributed by atoms with E-state index in [1.165, 1.54) is 44.1 Å². The van der Waals surface area contributed by atoms with E-state index in [9.17, 15) is 9.59 Å². The lowest BCUT2D eigenvalue weighted by molar-refractivity contribution is -0.124. The first kappa shape index (κ1) is 23.4. The number of rotatable bonds is 10. The summed E-state index contributed by atoms with van der Waals surface area (Å²) in [6.07, 6.45) is 10.6. The normalized spacial score (nSPS) is 13.5. The van der Waals surface area contributed by atoms with Gasteiger partial charge in [0.1, 0.15) is 0 Å². The Hall–Kier alpha value is -1.84. The number of nitrogens with one attached hydrogen (secondary N) is 1. The number of unbranched alkanes of at least 4 members (excludes halogenated alkanes) is 6. The third-order valence-corrected chi connectivity index (χ3v) is 6.40. The van der Waals surface area contributed by atoms with Crippen LogP contribution < -0.4 is 10.2 Å². The Morgan fingerprint density at radius 1 is 1.07 bits per heavy atom. The summed E-state index contributed by atoms with van der Waals surface area (Å²) in [6, 6.07) is 2.05. The first-order valence-corrected chi connectivity index (χ1v) is 11.4. The minimum absolute atomic E-state index is 0.0789. The maximum absolute atomic E-state index is 13.0. The van der Waals surface area contributed by atoms with Crippen LogP contribution in [-0.4, -0.2) is 18.4 Å². The number of nitrogens with zero attached hydrogens (tertiary/aromatic N) is 1. The quantitative estimate of drug-likeness (QED) is 0.467. The molecule has 0 saturated heterocycles. The molecule has 0 spiro atoms. The van der Waals surface area contributed by atoms with Crippen molar-refractivity contribution in [2.45, 2.75) is 99.3 Å². The highest BCUT2D eigenvalue weighted by molar-refractivity contribution is 5.99. The highest BCUT2D eigenvalue weighted by Gasteiger charge is 2.30. The fourth-order valence-electron chi connectivity index (χ4n) is 4.34. The summed E-state index contributed by atoms with van der Waals surface area (Å²) in [7, 11) is 0. The van der Waals surface area contributed by atoms with Crippen molar-refractivity contribution in [3.63, 3.8) is 0 Å². The van der Waals surface area contributed by atoms with Gasteiger partial charge in [-0.1, -0.05) is 65.7 Å². The fourth-order valence-corrected chi connectivity index (χ4v) is 4.34. The van der Waals surface area contributed by atoms with Gasteiger partial charge in [0, 0.05) is 30.3 Å². The number of anilines is 2. The Morgan fingerprint density at radius 2 is 1.69 bits per heavy atom. The molecule has 1 N–H and O–H groups in total. The van der Waals surface area contributed by atoms with Gasteiger partial charge in [-0.15, -0.1) is 0 Å². The summed E-state index contributed by atoms with van der Waals surface area (Å²) in [5.74, 6) is 0.172. The third-order valence-electron chi connectivity index (χ3n) is 6.40. The molecular formula is C25H40N2O2. The topological polar surface area (TPSA) is 49.4 Å². The lowest BCUT2D eigenvalue weighted by Crippen LogP contribution is -2.31. The van der Waals surface area contributed by atoms with E-state index in [1.54, 1.807) is 6.92 Å². The van der Waals surface area contributed by atoms with Crippen LogP contribution in [0.15, 0.2) is 6.07 Å². The predicted octanol–water partition coefficient (Wildman–Crippen LogP) is 6.32. The van der Waals surface area contributed by atoms with Crippen molar-refractivity contribution >= 4 is 23.2 Å². The van der Waals surface area contributed by atoms with Gasteiger partial charge in [0.2, 0.25) is 11.8 Å². The first-order valence-electron chi connectivity index (χ1n) is 11.4. The molecule has 4 nitrogen and oxygen atoms in total. The Labute approximate surface area is 177 Å². The van der Waals surface area contributed by atoms with Crippen molar-refractivity contribution in [1.82, 2.24) is 0 Å². The molecule has 0 aromatic heterocycles. The van der Waals surface area contributed by atoms with Gasteiger partial charge < -0.3 is 10.2 Å². The van der Waals surface area contributed by atoms with Crippen molar-refractivity contribution < 1.29 is 9.59 Å². The van der Waals surface area contributed by atoms with Crippen LogP contribution in [0.1, 0.15) is 95.8 Å². The Morgan fingerprint density at radius 3 is 2.31 bits per heavy atom. The molecule has 2 amide bonds. The molecule has 1 aromatic rings. The molecule has 0 saturated carbocycles. The Kier molecular flexibility index (Phi) is 8.30. The van der Waals surface area contributed by atoms with Crippen LogP contribution in [0.25, 0.3) is 0 Å². The Balaban J connectivity index is 1.98. The molecular weight excluding hydrogens is 360 g/mol. The van der Waals surface area contributed by atoms with Crippen molar-refractivity contribution in [1.29, 1.82) is 0 Å². The van der Waals surface area contributed by atoms with Crippen LogP contribution in [0.5, 0.6) is 0 Å². The molecule has 0 atom stereocenters. The van der Waals surface area contributed by atoms with E-state index in [4.69, 9.17) is 0 Å². The smallest absolute Gasteiger partial charge is 0.230 e. The molecule has 162 valence electrons. The molecule has 29 heavy (non-hydrogen) atoms. The summed E-state index contributed by atoms with van der Waals surface area (Å²) < 4.78 is 0. The highest BCUT2D eigenvalue weighted by atomic mass is 16.2. The molecule has 4 heteroatoms. The summed E-state index contributed by atoms with van der Waals surface area (Å²) in [4.78, 5) is 26.8. The summed E-state index contributed by atoms with van der Waals surface area (Å²) in [6.45, 7) is 12.8. The number of benzene rings is 1. The molecule has 0 radical (unpaired) electrons. The maximum Gasteiger partial charge on any atom is 0.230 e. The molecule has 0 unspecified atom stereocenters. The molecule has 1 aromatic carbocycles. The summed E-state index contributed by atoms with van der Waals surface area (Å²) in [5.41, 5.74) is 4.86. The second-order valence-corrected chi connectivity index (χ2v) is 9.32. The third kappa shape index (κ3) is 5.83. The number of amides is 2.